The largest absolute Gasteiger partial charge is 0.493 e. The van der Waals surface area contributed by atoms with Gasteiger partial charge >= 0.3 is 5.97 Å². The van der Waals surface area contributed by atoms with Crippen LogP contribution in [0.4, 0.5) is 5.69 Å². The van der Waals surface area contributed by atoms with Crippen LogP contribution >= 0.6 is 0 Å². The van der Waals surface area contributed by atoms with E-state index < -0.39 is 11.9 Å². The Labute approximate surface area is 151 Å². The van der Waals surface area contributed by atoms with Crippen LogP contribution < -0.4 is 10.1 Å². The van der Waals surface area contributed by atoms with Gasteiger partial charge in [-0.1, -0.05) is 0 Å². The predicted octanol–water partition coefficient (Wildman–Crippen LogP) is 2.84. The second kappa shape index (κ2) is 8.44. The molecule has 2 aromatic rings. The molecule has 1 amide bonds. The average Bonchev–Trinajstić information content (AvgIpc) is 2.68. The average molecular weight is 356 g/mol. The highest BCUT2D eigenvalue weighted by Gasteiger charge is 2.15. The summed E-state index contributed by atoms with van der Waals surface area (Å²) in [4.78, 5) is 27.1. The molecule has 0 radical (unpaired) electrons. The molecule has 2 N–H and O–H groups in total. The zero-order valence-corrected chi connectivity index (χ0v) is 14.2. The van der Waals surface area contributed by atoms with Gasteiger partial charge in [0.2, 0.25) is 0 Å². The Balaban J connectivity index is 1.55. The molecule has 1 aliphatic rings. The molecule has 2 heterocycles. The molecular formula is C19H20N2O5. The SMILES string of the molecule is O=C(O)c1ccnc(C(=O)Nc2ccc(OCC3CCOCC3)cc2)c1. The number of nitrogens with one attached hydrogen (secondary N) is 1. The fourth-order valence-electron chi connectivity index (χ4n) is 2.64. The maximum absolute atomic E-state index is 12.2. The number of rotatable bonds is 6. The molecule has 0 spiro atoms. The number of anilines is 1. The number of nitrogens with zero attached hydrogens (tertiary/aromatic N) is 1. The lowest BCUT2D eigenvalue weighted by Crippen LogP contribution is -2.21. The van der Waals surface area contributed by atoms with Crippen molar-refractivity contribution in [2.75, 3.05) is 25.1 Å². The number of ether oxygens (including phenoxy) is 2. The minimum absolute atomic E-state index is 0.0158. The number of hydrogen-bond acceptors (Lipinski definition) is 5. The quantitative estimate of drug-likeness (QED) is 0.826. The summed E-state index contributed by atoms with van der Waals surface area (Å²) in [6.07, 6.45) is 3.32. The zero-order chi connectivity index (χ0) is 18.4. The zero-order valence-electron chi connectivity index (χ0n) is 14.2. The number of carbonyl (C=O) groups is 2. The van der Waals surface area contributed by atoms with Crippen molar-refractivity contribution in [3.63, 3.8) is 0 Å². The topological polar surface area (TPSA) is 97.8 Å². The van der Waals surface area contributed by atoms with Crippen molar-refractivity contribution in [3.8, 4) is 5.75 Å². The van der Waals surface area contributed by atoms with Gasteiger partial charge in [0.05, 0.1) is 12.2 Å². The van der Waals surface area contributed by atoms with Crippen LogP contribution in [0.5, 0.6) is 5.75 Å². The monoisotopic (exact) mass is 356 g/mol. The number of carboxylic acid groups (broad SMARTS) is 1. The molecule has 1 fully saturated rings. The van der Waals surface area contributed by atoms with Crippen molar-refractivity contribution >= 4 is 17.6 Å². The molecule has 7 heteroatoms. The first-order valence-corrected chi connectivity index (χ1v) is 8.43. The number of aromatic nitrogens is 1. The maximum atomic E-state index is 12.2. The molecule has 1 aromatic carbocycles. The summed E-state index contributed by atoms with van der Waals surface area (Å²) >= 11 is 0. The number of amides is 1. The number of carboxylic acids is 1. The van der Waals surface area contributed by atoms with Gasteiger partial charge in [0.15, 0.2) is 0 Å². The number of hydrogen-bond donors (Lipinski definition) is 2. The van der Waals surface area contributed by atoms with Gasteiger partial charge in [-0.15, -0.1) is 0 Å². The highest BCUT2D eigenvalue weighted by Crippen LogP contribution is 2.20. The summed E-state index contributed by atoms with van der Waals surface area (Å²) in [6.45, 7) is 2.23. The minimum atomic E-state index is -1.10. The number of benzene rings is 1. The molecular weight excluding hydrogens is 336 g/mol. The Morgan fingerprint density at radius 2 is 1.92 bits per heavy atom. The van der Waals surface area contributed by atoms with E-state index in [4.69, 9.17) is 14.6 Å². The Morgan fingerprint density at radius 1 is 1.19 bits per heavy atom. The van der Waals surface area contributed by atoms with E-state index in [9.17, 15) is 9.59 Å². The van der Waals surface area contributed by atoms with Crippen LogP contribution in [-0.2, 0) is 4.74 Å². The molecule has 0 saturated carbocycles. The second-order valence-electron chi connectivity index (χ2n) is 6.08. The van der Waals surface area contributed by atoms with E-state index >= 15 is 0 Å². The summed E-state index contributed by atoms with van der Waals surface area (Å²) < 4.78 is 11.1. The van der Waals surface area contributed by atoms with Gasteiger partial charge in [0, 0.05) is 25.1 Å². The Hall–Kier alpha value is -2.93. The van der Waals surface area contributed by atoms with E-state index in [1.807, 2.05) is 0 Å². The van der Waals surface area contributed by atoms with Crippen molar-refractivity contribution in [2.45, 2.75) is 12.8 Å². The predicted molar refractivity (Wildman–Crippen MR) is 94.6 cm³/mol. The van der Waals surface area contributed by atoms with E-state index in [0.717, 1.165) is 31.8 Å². The third kappa shape index (κ3) is 4.80. The van der Waals surface area contributed by atoms with Gasteiger partial charge in [-0.05, 0) is 55.2 Å². The van der Waals surface area contributed by atoms with Crippen molar-refractivity contribution in [1.29, 1.82) is 0 Å². The lowest BCUT2D eigenvalue weighted by Gasteiger charge is -2.22. The van der Waals surface area contributed by atoms with Crippen LogP contribution in [0.2, 0.25) is 0 Å². The molecule has 7 nitrogen and oxygen atoms in total. The molecule has 0 atom stereocenters. The number of carbonyl (C=O) groups excluding carboxylic acids is 1. The molecule has 3 rings (SSSR count). The lowest BCUT2D eigenvalue weighted by molar-refractivity contribution is 0.0497. The van der Waals surface area contributed by atoms with Gasteiger partial charge in [0.1, 0.15) is 11.4 Å². The molecule has 1 aliphatic heterocycles. The van der Waals surface area contributed by atoms with Gasteiger partial charge in [-0.3, -0.25) is 9.78 Å². The third-order valence-electron chi connectivity index (χ3n) is 4.18. The Morgan fingerprint density at radius 3 is 2.62 bits per heavy atom. The fourth-order valence-corrected chi connectivity index (χ4v) is 2.64. The molecule has 1 aromatic heterocycles. The summed E-state index contributed by atoms with van der Waals surface area (Å²) in [5.41, 5.74) is 0.641. The summed E-state index contributed by atoms with van der Waals surface area (Å²) in [6, 6.07) is 9.62. The van der Waals surface area contributed by atoms with E-state index in [0.29, 0.717) is 18.2 Å². The van der Waals surface area contributed by atoms with Crippen LogP contribution in [0.1, 0.15) is 33.7 Å². The first-order chi connectivity index (χ1) is 12.6. The molecule has 1 saturated heterocycles. The highest BCUT2D eigenvalue weighted by molar-refractivity contribution is 6.04. The summed E-state index contributed by atoms with van der Waals surface area (Å²) in [7, 11) is 0. The van der Waals surface area contributed by atoms with Crippen LogP contribution in [-0.4, -0.2) is 41.8 Å². The number of pyridine rings is 1. The molecule has 0 bridgehead atoms. The summed E-state index contributed by atoms with van der Waals surface area (Å²) in [5, 5.41) is 11.7. The second-order valence-corrected chi connectivity index (χ2v) is 6.08. The summed E-state index contributed by atoms with van der Waals surface area (Å²) in [5.74, 6) is -0.326. The van der Waals surface area contributed by atoms with Gasteiger partial charge in [-0.2, -0.15) is 0 Å². The first-order valence-electron chi connectivity index (χ1n) is 8.43. The van der Waals surface area contributed by atoms with Crippen molar-refractivity contribution in [3.05, 3.63) is 53.9 Å². The Bertz CT molecular complexity index is 770. The normalized spacial score (nSPS) is 14.6. The molecule has 0 aliphatic carbocycles. The van der Waals surface area contributed by atoms with Crippen molar-refractivity contribution < 1.29 is 24.2 Å². The van der Waals surface area contributed by atoms with Crippen LogP contribution in [0, 0.1) is 5.92 Å². The smallest absolute Gasteiger partial charge is 0.335 e. The van der Waals surface area contributed by atoms with E-state index in [2.05, 4.69) is 10.3 Å². The lowest BCUT2D eigenvalue weighted by atomic mass is 10.0. The van der Waals surface area contributed by atoms with Crippen LogP contribution in [0.3, 0.4) is 0 Å². The van der Waals surface area contributed by atoms with Gasteiger partial charge in [-0.25, -0.2) is 4.79 Å². The number of aromatic carboxylic acids is 1. The minimum Gasteiger partial charge on any atom is -0.493 e. The van der Waals surface area contributed by atoms with Gasteiger partial charge in [0.25, 0.3) is 5.91 Å². The highest BCUT2D eigenvalue weighted by atomic mass is 16.5. The maximum Gasteiger partial charge on any atom is 0.335 e. The fraction of sp³-hybridized carbons (Fsp3) is 0.316. The standard InChI is InChI=1S/C19H20N2O5/c22-18(17-11-14(19(23)24)5-8-20-17)21-15-1-3-16(4-2-15)26-12-13-6-9-25-10-7-13/h1-5,8,11,13H,6-7,9-10,12H2,(H,21,22)(H,23,24). The first kappa shape index (κ1) is 17.9. The van der Waals surface area contributed by atoms with Gasteiger partial charge < -0.3 is 19.9 Å². The molecule has 136 valence electrons. The third-order valence-corrected chi connectivity index (χ3v) is 4.18. The van der Waals surface area contributed by atoms with E-state index in [1.54, 1.807) is 24.3 Å². The van der Waals surface area contributed by atoms with Crippen LogP contribution in [0.25, 0.3) is 0 Å². The molecule has 0 unspecified atom stereocenters. The Kier molecular flexibility index (Phi) is 5.80. The molecule has 26 heavy (non-hydrogen) atoms. The van der Waals surface area contributed by atoms with E-state index in [1.165, 1.54) is 18.3 Å². The van der Waals surface area contributed by atoms with Crippen molar-refractivity contribution in [2.24, 2.45) is 5.92 Å². The van der Waals surface area contributed by atoms with Crippen LogP contribution in [0.15, 0.2) is 42.6 Å². The van der Waals surface area contributed by atoms with E-state index in [-0.39, 0.29) is 11.3 Å². The van der Waals surface area contributed by atoms with Crippen molar-refractivity contribution in [1.82, 2.24) is 4.98 Å².